The third kappa shape index (κ3) is 1.99. The molecular formula is C20H32O6. The molecule has 0 aliphatic heterocycles. The fourth-order valence-electron chi connectivity index (χ4n) is 8.13. The maximum Gasteiger partial charge on any atom is 0.309 e. The molecule has 0 heterocycles. The first-order valence-electron chi connectivity index (χ1n) is 9.98. The van der Waals surface area contributed by atoms with Crippen LogP contribution in [0.3, 0.4) is 0 Å². The van der Waals surface area contributed by atoms with E-state index in [1.54, 1.807) is 6.92 Å². The lowest BCUT2D eigenvalue weighted by Gasteiger charge is -2.66. The SMILES string of the molecule is C[C@@]12CCC[C@@](C)(C(=O)O)[C@H]1[C@H](O)[C@H](O)[C@@]13C[C@@H](CC[C@@H]21)[C@@](O)(CO)C3. The lowest BCUT2D eigenvalue weighted by Crippen LogP contribution is -2.69. The lowest BCUT2D eigenvalue weighted by molar-refractivity contribution is -0.255. The first-order valence-corrected chi connectivity index (χ1v) is 9.98. The van der Waals surface area contributed by atoms with Crippen molar-refractivity contribution in [3.63, 3.8) is 0 Å². The Labute approximate surface area is 154 Å². The highest BCUT2D eigenvalue weighted by Gasteiger charge is 2.73. The Morgan fingerprint density at radius 3 is 2.46 bits per heavy atom. The monoisotopic (exact) mass is 368 g/mol. The highest BCUT2D eigenvalue weighted by Crippen LogP contribution is 2.72. The summed E-state index contributed by atoms with van der Waals surface area (Å²) in [7, 11) is 0. The molecule has 0 radical (unpaired) electrons. The lowest BCUT2D eigenvalue weighted by atomic mass is 9.39. The van der Waals surface area contributed by atoms with Crippen molar-refractivity contribution in [3.05, 3.63) is 0 Å². The molecule has 4 aliphatic rings. The molecule has 6 nitrogen and oxygen atoms in total. The molecule has 0 saturated heterocycles. The molecule has 0 aromatic heterocycles. The van der Waals surface area contributed by atoms with Crippen LogP contribution in [0.4, 0.5) is 0 Å². The van der Waals surface area contributed by atoms with Gasteiger partial charge in [0.2, 0.25) is 0 Å². The summed E-state index contributed by atoms with van der Waals surface area (Å²) in [6, 6.07) is 0. The smallest absolute Gasteiger partial charge is 0.309 e. The fraction of sp³-hybridized carbons (Fsp3) is 0.950. The quantitative estimate of drug-likeness (QED) is 0.499. The molecule has 2 bridgehead atoms. The van der Waals surface area contributed by atoms with Crippen LogP contribution >= 0.6 is 0 Å². The summed E-state index contributed by atoms with van der Waals surface area (Å²) < 4.78 is 0. The molecule has 0 aromatic carbocycles. The van der Waals surface area contributed by atoms with Gasteiger partial charge in [-0.3, -0.25) is 4.79 Å². The minimum Gasteiger partial charge on any atom is -0.481 e. The number of carboxylic acids is 1. The second kappa shape index (κ2) is 5.43. The Morgan fingerprint density at radius 2 is 1.85 bits per heavy atom. The van der Waals surface area contributed by atoms with E-state index in [0.29, 0.717) is 12.8 Å². The highest BCUT2D eigenvalue weighted by molar-refractivity contribution is 5.75. The molecule has 4 fully saturated rings. The van der Waals surface area contributed by atoms with Crippen LogP contribution in [-0.4, -0.2) is 55.9 Å². The van der Waals surface area contributed by atoms with Gasteiger partial charge in [-0.1, -0.05) is 13.3 Å². The Hall–Kier alpha value is -0.690. The summed E-state index contributed by atoms with van der Waals surface area (Å²) >= 11 is 0. The predicted octanol–water partition coefficient (Wildman–Crippen LogP) is 1.15. The zero-order valence-corrected chi connectivity index (χ0v) is 15.7. The second-order valence-electron chi connectivity index (χ2n) is 10.2. The minimum atomic E-state index is -1.20. The number of hydrogen-bond donors (Lipinski definition) is 5. The van der Waals surface area contributed by atoms with E-state index >= 15 is 0 Å². The summed E-state index contributed by atoms with van der Waals surface area (Å²) in [4.78, 5) is 12.1. The zero-order valence-electron chi connectivity index (χ0n) is 15.7. The van der Waals surface area contributed by atoms with Crippen LogP contribution in [0.5, 0.6) is 0 Å². The normalized spacial score (nSPS) is 58.8. The van der Waals surface area contributed by atoms with E-state index in [0.717, 1.165) is 25.7 Å². The third-order valence-electron chi connectivity index (χ3n) is 9.14. The number of aliphatic carboxylic acids is 1. The summed E-state index contributed by atoms with van der Waals surface area (Å²) in [6.07, 6.45) is 2.41. The molecule has 6 heteroatoms. The minimum absolute atomic E-state index is 0.0502. The largest absolute Gasteiger partial charge is 0.481 e. The molecule has 0 aromatic rings. The zero-order chi connectivity index (χ0) is 19.1. The molecule has 0 amide bonds. The van der Waals surface area contributed by atoms with Crippen molar-refractivity contribution in [1.29, 1.82) is 0 Å². The van der Waals surface area contributed by atoms with Crippen molar-refractivity contribution in [2.24, 2.45) is 34.0 Å². The first kappa shape index (κ1) is 18.7. The molecule has 4 aliphatic carbocycles. The topological polar surface area (TPSA) is 118 Å². The number of aliphatic hydroxyl groups is 4. The van der Waals surface area contributed by atoms with Crippen LogP contribution < -0.4 is 0 Å². The van der Waals surface area contributed by atoms with Crippen molar-refractivity contribution in [3.8, 4) is 0 Å². The number of hydrogen-bond acceptors (Lipinski definition) is 5. The van der Waals surface area contributed by atoms with Gasteiger partial charge in [-0.25, -0.2) is 0 Å². The van der Waals surface area contributed by atoms with Gasteiger partial charge in [-0.2, -0.15) is 0 Å². The number of fused-ring (bicyclic) bond motifs is 3. The van der Waals surface area contributed by atoms with Crippen LogP contribution in [0.2, 0.25) is 0 Å². The van der Waals surface area contributed by atoms with E-state index < -0.39 is 45.9 Å². The molecule has 148 valence electrons. The van der Waals surface area contributed by atoms with E-state index in [1.807, 2.05) is 0 Å². The number of rotatable bonds is 2. The Kier molecular flexibility index (Phi) is 3.90. The summed E-state index contributed by atoms with van der Waals surface area (Å²) in [6.45, 7) is 3.48. The van der Waals surface area contributed by atoms with Gasteiger partial charge >= 0.3 is 5.97 Å². The number of carboxylic acid groups (broad SMARTS) is 1. The van der Waals surface area contributed by atoms with Gasteiger partial charge in [-0.05, 0) is 62.7 Å². The van der Waals surface area contributed by atoms with Gasteiger partial charge in [0.25, 0.3) is 0 Å². The Bertz CT molecular complexity index is 623. The van der Waals surface area contributed by atoms with Gasteiger partial charge in [0.15, 0.2) is 0 Å². The standard InChI is InChI=1S/C20H32O6/c1-17-6-3-7-18(2,16(24)25)14(17)13(22)15(23)19-8-11(4-5-12(17)19)20(26,9-19)10-21/h11-15,21-23,26H,3-10H2,1-2H3,(H,24,25)/t11-,12+,13+,14+,15+,17+,18-,19-,20+/m1/s1. The summed E-state index contributed by atoms with van der Waals surface area (Å²) in [5.41, 5.74) is -3.29. The van der Waals surface area contributed by atoms with E-state index in [9.17, 15) is 30.3 Å². The maximum atomic E-state index is 12.1. The maximum absolute atomic E-state index is 12.1. The van der Waals surface area contributed by atoms with Crippen molar-refractivity contribution < 1.29 is 30.3 Å². The number of aliphatic hydroxyl groups excluding tert-OH is 3. The number of carbonyl (C=O) groups is 1. The van der Waals surface area contributed by atoms with Crippen LogP contribution in [0.15, 0.2) is 0 Å². The average Bonchev–Trinajstić information content (AvgIpc) is 2.81. The van der Waals surface area contributed by atoms with Crippen LogP contribution in [0.1, 0.15) is 58.8 Å². The van der Waals surface area contributed by atoms with Crippen molar-refractivity contribution in [2.45, 2.75) is 76.6 Å². The molecule has 26 heavy (non-hydrogen) atoms. The Balaban J connectivity index is 1.83. The summed E-state index contributed by atoms with van der Waals surface area (Å²) in [5, 5.41) is 53.0. The van der Waals surface area contributed by atoms with Gasteiger partial charge in [0.1, 0.15) is 0 Å². The highest BCUT2D eigenvalue weighted by atomic mass is 16.4. The molecular weight excluding hydrogens is 336 g/mol. The fourth-order valence-corrected chi connectivity index (χ4v) is 8.13. The van der Waals surface area contributed by atoms with Crippen molar-refractivity contribution >= 4 is 5.97 Å². The van der Waals surface area contributed by atoms with E-state index in [1.165, 1.54) is 0 Å². The van der Waals surface area contributed by atoms with E-state index in [-0.39, 0.29) is 24.9 Å². The average molecular weight is 368 g/mol. The van der Waals surface area contributed by atoms with Crippen LogP contribution in [-0.2, 0) is 4.79 Å². The van der Waals surface area contributed by atoms with Gasteiger partial charge in [0.05, 0.1) is 29.8 Å². The van der Waals surface area contributed by atoms with Gasteiger partial charge < -0.3 is 25.5 Å². The van der Waals surface area contributed by atoms with Crippen molar-refractivity contribution in [2.75, 3.05) is 6.61 Å². The molecule has 5 N–H and O–H groups in total. The molecule has 4 saturated carbocycles. The van der Waals surface area contributed by atoms with Gasteiger partial charge in [0, 0.05) is 11.3 Å². The van der Waals surface area contributed by atoms with Crippen molar-refractivity contribution in [1.82, 2.24) is 0 Å². The Morgan fingerprint density at radius 1 is 1.15 bits per heavy atom. The second-order valence-corrected chi connectivity index (χ2v) is 10.2. The third-order valence-corrected chi connectivity index (χ3v) is 9.14. The molecule has 9 atom stereocenters. The van der Waals surface area contributed by atoms with Crippen LogP contribution in [0, 0.1) is 34.0 Å². The van der Waals surface area contributed by atoms with Gasteiger partial charge in [-0.15, -0.1) is 0 Å². The van der Waals surface area contributed by atoms with E-state index in [2.05, 4.69) is 6.92 Å². The molecule has 1 spiro atoms. The molecule has 0 unspecified atom stereocenters. The summed E-state index contributed by atoms with van der Waals surface area (Å²) in [5.74, 6) is -1.43. The van der Waals surface area contributed by atoms with E-state index in [4.69, 9.17) is 0 Å². The first-order chi connectivity index (χ1) is 12.0. The molecule has 4 rings (SSSR count). The predicted molar refractivity (Wildman–Crippen MR) is 93.1 cm³/mol. The van der Waals surface area contributed by atoms with Crippen LogP contribution in [0.25, 0.3) is 0 Å².